The maximum atomic E-state index is 12.0. The van der Waals surface area contributed by atoms with Gasteiger partial charge in [-0.25, -0.2) is 0 Å². The van der Waals surface area contributed by atoms with E-state index in [1.54, 1.807) is 0 Å². The Labute approximate surface area is 120 Å². The second-order valence-electron chi connectivity index (χ2n) is 4.62. The fourth-order valence-electron chi connectivity index (χ4n) is 1.71. The minimum atomic E-state index is -0.0543. The van der Waals surface area contributed by atoms with Gasteiger partial charge < -0.3 is 15.2 Å². The summed E-state index contributed by atoms with van der Waals surface area (Å²) in [5, 5.41) is 11.7. The first kappa shape index (κ1) is 16.2. The molecule has 0 spiro atoms. The molecule has 0 bridgehead atoms. The first-order valence-electron chi connectivity index (χ1n) is 6.86. The summed E-state index contributed by atoms with van der Waals surface area (Å²) in [7, 11) is 0. The van der Waals surface area contributed by atoms with Gasteiger partial charge in [0.1, 0.15) is 12.4 Å². The smallest absolute Gasteiger partial charge is 0.247 e. The number of aliphatic hydroxyl groups is 1. The number of para-hydroxylation sites is 1. The summed E-state index contributed by atoms with van der Waals surface area (Å²) in [4.78, 5) is 12.0. The van der Waals surface area contributed by atoms with Crippen LogP contribution < -0.4 is 10.1 Å². The maximum absolute atomic E-state index is 12.0. The zero-order valence-corrected chi connectivity index (χ0v) is 12.4. The Hall–Kier alpha value is -1.81. The van der Waals surface area contributed by atoms with Crippen LogP contribution in [0.1, 0.15) is 32.8 Å². The lowest BCUT2D eigenvalue weighted by atomic mass is 10.1. The topological polar surface area (TPSA) is 58.6 Å². The molecule has 0 aliphatic rings. The van der Waals surface area contributed by atoms with Gasteiger partial charge in [-0.1, -0.05) is 30.7 Å². The van der Waals surface area contributed by atoms with E-state index < -0.39 is 0 Å². The van der Waals surface area contributed by atoms with Crippen molar-refractivity contribution in [2.24, 2.45) is 0 Å². The van der Waals surface area contributed by atoms with Crippen LogP contribution in [-0.4, -0.2) is 24.2 Å². The minimum Gasteiger partial charge on any atom is -0.491 e. The molecule has 0 saturated heterocycles. The summed E-state index contributed by atoms with van der Waals surface area (Å²) < 4.78 is 5.43. The van der Waals surface area contributed by atoms with Crippen molar-refractivity contribution < 1.29 is 14.6 Å². The number of allylic oxidation sites excluding steroid dienone is 1. The Morgan fingerprint density at radius 2 is 2.00 bits per heavy atom. The van der Waals surface area contributed by atoms with Crippen LogP contribution in [0.25, 0.3) is 0 Å². The third-order valence-corrected chi connectivity index (χ3v) is 3.27. The van der Waals surface area contributed by atoms with E-state index in [0.717, 1.165) is 23.1 Å². The van der Waals surface area contributed by atoms with Gasteiger partial charge >= 0.3 is 0 Å². The van der Waals surface area contributed by atoms with Crippen molar-refractivity contribution in [1.82, 2.24) is 5.32 Å². The molecule has 20 heavy (non-hydrogen) atoms. The summed E-state index contributed by atoms with van der Waals surface area (Å²) >= 11 is 0. The molecule has 0 saturated carbocycles. The summed E-state index contributed by atoms with van der Waals surface area (Å²) in [6.45, 7) is 6.46. The normalized spacial score (nSPS) is 11.8. The number of rotatable bonds is 7. The van der Waals surface area contributed by atoms with E-state index in [2.05, 4.69) is 5.32 Å². The van der Waals surface area contributed by atoms with Crippen molar-refractivity contribution in [2.75, 3.05) is 13.2 Å². The third kappa shape index (κ3) is 4.70. The highest BCUT2D eigenvalue weighted by Gasteiger charge is 2.08. The highest BCUT2D eigenvalue weighted by atomic mass is 16.5. The molecule has 2 N–H and O–H groups in total. The van der Waals surface area contributed by atoms with E-state index in [4.69, 9.17) is 9.84 Å². The molecule has 0 atom stereocenters. The molecule has 0 heterocycles. The molecule has 0 aliphatic carbocycles. The zero-order chi connectivity index (χ0) is 15.0. The molecule has 110 valence electrons. The second kappa shape index (κ2) is 8.38. The van der Waals surface area contributed by atoms with Crippen LogP contribution in [0.5, 0.6) is 5.75 Å². The molecular weight excluding hydrogens is 254 g/mol. The number of ether oxygens (including phenoxy) is 1. The Morgan fingerprint density at radius 1 is 1.30 bits per heavy atom. The van der Waals surface area contributed by atoms with Crippen LogP contribution in [0.15, 0.2) is 35.4 Å². The van der Waals surface area contributed by atoms with E-state index in [1.165, 1.54) is 0 Å². The molecule has 1 rings (SSSR count). The van der Waals surface area contributed by atoms with Gasteiger partial charge in [0.25, 0.3) is 0 Å². The average molecular weight is 277 g/mol. The van der Waals surface area contributed by atoms with Gasteiger partial charge in [-0.15, -0.1) is 0 Å². The molecule has 0 unspecified atom stereocenters. The highest BCUT2D eigenvalue weighted by Crippen LogP contribution is 2.18. The lowest BCUT2D eigenvalue weighted by Gasteiger charge is -2.12. The quantitative estimate of drug-likeness (QED) is 0.753. The Kier molecular flexibility index (Phi) is 6.81. The van der Waals surface area contributed by atoms with Crippen molar-refractivity contribution >= 4 is 5.91 Å². The van der Waals surface area contributed by atoms with Gasteiger partial charge in [-0.05, 0) is 26.3 Å². The average Bonchev–Trinajstić information content (AvgIpc) is 2.49. The van der Waals surface area contributed by atoms with E-state index in [9.17, 15) is 4.79 Å². The van der Waals surface area contributed by atoms with Gasteiger partial charge in [-0.3, -0.25) is 4.79 Å². The summed E-state index contributed by atoms with van der Waals surface area (Å²) in [6, 6.07) is 7.49. The lowest BCUT2D eigenvalue weighted by Crippen LogP contribution is -2.24. The SMILES string of the molecule is CC/C(C)=C(/C)C(=O)NCc1ccccc1OCCO. The second-order valence-corrected chi connectivity index (χ2v) is 4.62. The number of carbonyl (C=O) groups is 1. The summed E-state index contributed by atoms with van der Waals surface area (Å²) in [5.41, 5.74) is 2.75. The number of carbonyl (C=O) groups excluding carboxylic acids is 1. The maximum Gasteiger partial charge on any atom is 0.247 e. The fraction of sp³-hybridized carbons (Fsp3) is 0.438. The zero-order valence-electron chi connectivity index (χ0n) is 12.4. The predicted octanol–water partition coefficient (Wildman–Crippen LogP) is 2.42. The van der Waals surface area contributed by atoms with Crippen LogP contribution in [-0.2, 0) is 11.3 Å². The first-order valence-corrected chi connectivity index (χ1v) is 6.86. The lowest BCUT2D eigenvalue weighted by molar-refractivity contribution is -0.117. The van der Waals surface area contributed by atoms with Crippen molar-refractivity contribution in [3.05, 3.63) is 41.0 Å². The number of hydrogen-bond donors (Lipinski definition) is 2. The molecule has 0 fully saturated rings. The van der Waals surface area contributed by atoms with Crippen LogP contribution in [0.2, 0.25) is 0 Å². The van der Waals surface area contributed by atoms with E-state index in [-0.39, 0.29) is 19.1 Å². The van der Waals surface area contributed by atoms with Gasteiger partial charge in [0.15, 0.2) is 0 Å². The minimum absolute atomic E-state index is 0.0295. The molecule has 0 aromatic heterocycles. The number of hydrogen-bond acceptors (Lipinski definition) is 3. The van der Waals surface area contributed by atoms with Crippen molar-refractivity contribution in [1.29, 1.82) is 0 Å². The Morgan fingerprint density at radius 3 is 2.65 bits per heavy atom. The standard InChI is InChI=1S/C16H23NO3/c1-4-12(2)13(3)16(19)17-11-14-7-5-6-8-15(14)20-10-9-18/h5-8,18H,4,9-11H2,1-3H3,(H,17,19)/b13-12-. The first-order chi connectivity index (χ1) is 9.60. The third-order valence-electron chi connectivity index (χ3n) is 3.27. The van der Waals surface area contributed by atoms with E-state index in [1.807, 2.05) is 45.0 Å². The monoisotopic (exact) mass is 277 g/mol. The number of nitrogens with one attached hydrogen (secondary N) is 1. The number of aliphatic hydroxyl groups excluding tert-OH is 1. The molecule has 0 aliphatic heterocycles. The van der Waals surface area contributed by atoms with Crippen molar-refractivity contribution in [2.45, 2.75) is 33.7 Å². The largest absolute Gasteiger partial charge is 0.491 e. The van der Waals surface area contributed by atoms with Gasteiger partial charge in [0.05, 0.1) is 6.61 Å². The molecular formula is C16H23NO3. The Balaban J connectivity index is 2.68. The highest BCUT2D eigenvalue weighted by molar-refractivity contribution is 5.93. The molecule has 1 aromatic carbocycles. The van der Waals surface area contributed by atoms with Crippen LogP contribution >= 0.6 is 0 Å². The van der Waals surface area contributed by atoms with E-state index >= 15 is 0 Å². The van der Waals surface area contributed by atoms with Crippen molar-refractivity contribution in [3.8, 4) is 5.75 Å². The van der Waals surface area contributed by atoms with Crippen LogP contribution in [0, 0.1) is 0 Å². The van der Waals surface area contributed by atoms with Gasteiger partial charge in [0, 0.05) is 17.7 Å². The fourth-order valence-corrected chi connectivity index (χ4v) is 1.71. The Bertz CT molecular complexity index is 480. The molecule has 4 heteroatoms. The molecule has 1 aromatic rings. The summed E-state index contributed by atoms with van der Waals surface area (Å²) in [6.07, 6.45) is 0.870. The molecule has 4 nitrogen and oxygen atoms in total. The van der Waals surface area contributed by atoms with Crippen LogP contribution in [0.3, 0.4) is 0 Å². The van der Waals surface area contributed by atoms with Crippen LogP contribution in [0.4, 0.5) is 0 Å². The number of amides is 1. The van der Waals surface area contributed by atoms with E-state index in [0.29, 0.717) is 12.3 Å². The summed E-state index contributed by atoms with van der Waals surface area (Å²) in [5.74, 6) is 0.636. The molecule has 0 radical (unpaired) electrons. The van der Waals surface area contributed by atoms with Gasteiger partial charge in [-0.2, -0.15) is 0 Å². The predicted molar refractivity (Wildman–Crippen MR) is 79.5 cm³/mol. The van der Waals surface area contributed by atoms with Gasteiger partial charge in [0.2, 0.25) is 5.91 Å². The number of benzene rings is 1. The van der Waals surface area contributed by atoms with Crippen molar-refractivity contribution in [3.63, 3.8) is 0 Å². The molecule has 1 amide bonds.